The van der Waals surface area contributed by atoms with Crippen LogP contribution < -0.4 is 4.74 Å². The third-order valence-electron chi connectivity index (χ3n) is 1.62. The number of halogens is 1. The molecule has 0 atom stereocenters. The molecule has 5 nitrogen and oxygen atoms in total. The number of carbonyl (C=O) groups excluding carboxylic acids is 1. The van der Waals surface area contributed by atoms with Crippen molar-refractivity contribution in [3.8, 4) is 5.75 Å². The van der Waals surface area contributed by atoms with Gasteiger partial charge in [-0.2, -0.15) is 0 Å². The second-order valence-corrected chi connectivity index (χ2v) is 3.27. The molecule has 0 radical (unpaired) electrons. The molecule has 0 bridgehead atoms. The van der Waals surface area contributed by atoms with Crippen molar-refractivity contribution in [1.29, 1.82) is 0 Å². The predicted octanol–water partition coefficient (Wildman–Crippen LogP) is 2.18. The van der Waals surface area contributed by atoms with Crippen LogP contribution in [0.2, 0.25) is 0 Å². The third kappa shape index (κ3) is 1.90. The van der Waals surface area contributed by atoms with Gasteiger partial charge in [0.05, 0.1) is 28.1 Å². The van der Waals surface area contributed by atoms with Gasteiger partial charge in [-0.25, -0.2) is 0 Å². The molecule has 0 fully saturated rings. The summed E-state index contributed by atoms with van der Waals surface area (Å²) in [5.74, 6) is 0.190. The standard InChI is InChI=1S/C8H6BrNO4/c1-14-8-3-7(10(12)13)6(9)2-5(8)4-11/h2-4H,1H3. The summed E-state index contributed by atoms with van der Waals surface area (Å²) in [6.07, 6.45) is 0.577. The number of hydrogen-bond donors (Lipinski definition) is 0. The maximum absolute atomic E-state index is 10.5. The summed E-state index contributed by atoms with van der Waals surface area (Å²) >= 11 is 3.00. The lowest BCUT2D eigenvalue weighted by molar-refractivity contribution is -0.385. The summed E-state index contributed by atoms with van der Waals surface area (Å²) in [6.45, 7) is 0. The van der Waals surface area contributed by atoms with Crippen molar-refractivity contribution < 1.29 is 14.5 Å². The van der Waals surface area contributed by atoms with Crippen LogP contribution in [-0.4, -0.2) is 18.3 Å². The molecule has 1 aromatic carbocycles. The van der Waals surface area contributed by atoms with E-state index in [1.807, 2.05) is 0 Å². The summed E-state index contributed by atoms with van der Waals surface area (Å²) < 4.78 is 5.08. The first-order valence-electron chi connectivity index (χ1n) is 3.57. The van der Waals surface area contributed by atoms with Crippen molar-refractivity contribution in [3.05, 3.63) is 32.3 Å². The fourth-order valence-electron chi connectivity index (χ4n) is 0.967. The summed E-state index contributed by atoms with van der Waals surface area (Å²) in [5, 5.41) is 10.5. The largest absolute Gasteiger partial charge is 0.496 e. The average molecular weight is 260 g/mol. The highest BCUT2D eigenvalue weighted by Crippen LogP contribution is 2.31. The van der Waals surface area contributed by atoms with Crippen LogP contribution in [-0.2, 0) is 0 Å². The summed E-state index contributed by atoms with van der Waals surface area (Å²) in [4.78, 5) is 20.5. The molecule has 1 aromatic rings. The molecule has 0 saturated carbocycles. The SMILES string of the molecule is COc1cc([N+](=O)[O-])c(Br)cc1C=O. The maximum atomic E-state index is 10.5. The predicted molar refractivity (Wildman–Crippen MR) is 52.7 cm³/mol. The van der Waals surface area contributed by atoms with Crippen molar-refractivity contribution in [2.45, 2.75) is 0 Å². The van der Waals surface area contributed by atoms with Gasteiger partial charge in [-0.15, -0.1) is 0 Å². The number of benzene rings is 1. The second-order valence-electron chi connectivity index (χ2n) is 2.42. The molecule has 74 valence electrons. The zero-order valence-electron chi connectivity index (χ0n) is 7.19. The molecule has 6 heteroatoms. The number of rotatable bonds is 3. The molecule has 0 aromatic heterocycles. The van der Waals surface area contributed by atoms with Gasteiger partial charge < -0.3 is 4.74 Å². The van der Waals surface area contributed by atoms with Gasteiger partial charge in [0.1, 0.15) is 5.75 Å². The van der Waals surface area contributed by atoms with Crippen LogP contribution >= 0.6 is 15.9 Å². The summed E-state index contributed by atoms with van der Waals surface area (Å²) in [7, 11) is 1.35. The fraction of sp³-hybridized carbons (Fsp3) is 0.125. The zero-order chi connectivity index (χ0) is 10.7. The molecule has 0 heterocycles. The molecule has 0 saturated heterocycles. The van der Waals surface area contributed by atoms with E-state index < -0.39 is 4.92 Å². The molecular weight excluding hydrogens is 254 g/mol. The number of nitro benzene ring substituents is 1. The smallest absolute Gasteiger partial charge is 0.287 e. The normalized spacial score (nSPS) is 9.57. The Balaban J connectivity index is 3.37. The molecule has 0 aliphatic heterocycles. The number of ether oxygens (including phenoxy) is 1. The van der Waals surface area contributed by atoms with Crippen molar-refractivity contribution in [1.82, 2.24) is 0 Å². The van der Waals surface area contributed by atoms with Gasteiger partial charge >= 0.3 is 0 Å². The topological polar surface area (TPSA) is 69.4 Å². The van der Waals surface area contributed by atoms with Crippen LogP contribution in [0.25, 0.3) is 0 Å². The molecule has 0 aliphatic rings. The van der Waals surface area contributed by atoms with E-state index in [-0.39, 0.29) is 21.5 Å². The van der Waals surface area contributed by atoms with E-state index in [4.69, 9.17) is 4.74 Å². The lowest BCUT2D eigenvalue weighted by atomic mass is 10.2. The highest BCUT2D eigenvalue weighted by molar-refractivity contribution is 9.10. The van der Waals surface area contributed by atoms with E-state index in [0.29, 0.717) is 6.29 Å². The molecule has 1 rings (SSSR count). The quantitative estimate of drug-likeness (QED) is 0.474. The van der Waals surface area contributed by atoms with Gasteiger partial charge in [-0.3, -0.25) is 14.9 Å². The van der Waals surface area contributed by atoms with Crippen molar-refractivity contribution in [2.24, 2.45) is 0 Å². The molecule has 0 unspecified atom stereocenters. The van der Waals surface area contributed by atoms with Gasteiger partial charge in [0.25, 0.3) is 5.69 Å². The Morgan fingerprint density at radius 2 is 2.21 bits per heavy atom. The number of methoxy groups -OCH3 is 1. The maximum Gasteiger partial charge on any atom is 0.287 e. The van der Waals surface area contributed by atoms with E-state index in [9.17, 15) is 14.9 Å². The Bertz CT molecular complexity index is 391. The molecule has 0 amide bonds. The minimum Gasteiger partial charge on any atom is -0.496 e. The molecular formula is C8H6BrNO4. The average Bonchev–Trinajstić information content (AvgIpc) is 2.16. The third-order valence-corrected chi connectivity index (χ3v) is 2.26. The van der Waals surface area contributed by atoms with Crippen LogP contribution in [0, 0.1) is 10.1 Å². The van der Waals surface area contributed by atoms with Gasteiger partial charge in [0.15, 0.2) is 6.29 Å². The van der Waals surface area contributed by atoms with Crippen LogP contribution in [0.3, 0.4) is 0 Å². The van der Waals surface area contributed by atoms with Crippen LogP contribution in [0.15, 0.2) is 16.6 Å². The van der Waals surface area contributed by atoms with Gasteiger partial charge in [-0.05, 0) is 22.0 Å². The Hall–Kier alpha value is -1.43. The number of hydrogen-bond acceptors (Lipinski definition) is 4. The highest BCUT2D eigenvalue weighted by Gasteiger charge is 2.16. The number of nitrogens with zero attached hydrogens (tertiary/aromatic N) is 1. The van der Waals surface area contributed by atoms with Gasteiger partial charge in [0.2, 0.25) is 0 Å². The van der Waals surface area contributed by atoms with E-state index in [1.54, 1.807) is 0 Å². The van der Waals surface area contributed by atoms with E-state index in [2.05, 4.69) is 15.9 Å². The van der Waals surface area contributed by atoms with Gasteiger partial charge in [0, 0.05) is 0 Å². The van der Waals surface area contributed by atoms with E-state index in [1.165, 1.54) is 19.2 Å². The van der Waals surface area contributed by atoms with E-state index >= 15 is 0 Å². The second kappa shape index (κ2) is 4.19. The first-order valence-corrected chi connectivity index (χ1v) is 4.36. The number of carbonyl (C=O) groups is 1. The lowest BCUT2D eigenvalue weighted by Gasteiger charge is -2.03. The summed E-state index contributed by atoms with van der Waals surface area (Å²) in [6, 6.07) is 2.55. The zero-order valence-corrected chi connectivity index (χ0v) is 8.78. The molecule has 0 spiro atoms. The molecule has 14 heavy (non-hydrogen) atoms. The van der Waals surface area contributed by atoms with Crippen LogP contribution in [0.4, 0.5) is 5.69 Å². The highest BCUT2D eigenvalue weighted by atomic mass is 79.9. The minimum atomic E-state index is -0.554. The molecule has 0 aliphatic carbocycles. The van der Waals surface area contributed by atoms with Crippen molar-refractivity contribution in [2.75, 3.05) is 7.11 Å². The Kier molecular flexibility index (Phi) is 3.19. The Morgan fingerprint density at radius 3 is 2.64 bits per heavy atom. The van der Waals surface area contributed by atoms with E-state index in [0.717, 1.165) is 0 Å². The van der Waals surface area contributed by atoms with Crippen molar-refractivity contribution in [3.63, 3.8) is 0 Å². The summed E-state index contributed by atoms with van der Waals surface area (Å²) in [5.41, 5.74) is 0.137. The van der Waals surface area contributed by atoms with Gasteiger partial charge in [-0.1, -0.05) is 0 Å². The number of nitro groups is 1. The Morgan fingerprint density at radius 1 is 1.57 bits per heavy atom. The fourth-order valence-corrected chi connectivity index (χ4v) is 1.47. The first kappa shape index (κ1) is 10.6. The monoisotopic (exact) mass is 259 g/mol. The first-order chi connectivity index (χ1) is 6.60. The Labute approximate surface area is 88.0 Å². The van der Waals surface area contributed by atoms with Crippen LogP contribution in [0.5, 0.6) is 5.75 Å². The minimum absolute atomic E-state index is 0.132. The molecule has 0 N–H and O–H groups in total. The van der Waals surface area contributed by atoms with Crippen molar-refractivity contribution >= 4 is 27.9 Å². The lowest BCUT2D eigenvalue weighted by Crippen LogP contribution is -1.95. The van der Waals surface area contributed by atoms with Crippen LogP contribution in [0.1, 0.15) is 10.4 Å². The number of aldehydes is 1.